The van der Waals surface area contributed by atoms with Crippen molar-refractivity contribution in [2.24, 2.45) is 46.3 Å². The highest BCUT2D eigenvalue weighted by molar-refractivity contribution is 6.12. The molecule has 0 aromatic rings. The Balaban J connectivity index is 1.64. The Morgan fingerprint density at radius 3 is 2.63 bits per heavy atom. The number of nitrogens with zero attached hydrogens (tertiary/aromatic N) is 1. The molecule has 7 nitrogen and oxygen atoms in total. The number of carbonyl (C=O) groups is 4. The van der Waals surface area contributed by atoms with E-state index in [-0.39, 0.29) is 59.2 Å². The predicted octanol–water partition coefficient (Wildman–Crippen LogP) is 1.01. The zero-order chi connectivity index (χ0) is 21.2. The van der Waals surface area contributed by atoms with Gasteiger partial charge < -0.3 is 14.4 Å². The molecule has 6 rings (SSSR count). The van der Waals surface area contributed by atoms with Crippen LogP contribution in [0.5, 0.6) is 0 Å². The Labute approximate surface area is 175 Å². The lowest BCUT2D eigenvalue weighted by Crippen LogP contribution is -2.74. The zero-order valence-electron chi connectivity index (χ0n) is 17.5. The first-order valence-electron chi connectivity index (χ1n) is 11.1. The molecule has 5 unspecified atom stereocenters. The van der Waals surface area contributed by atoms with Crippen LogP contribution in [0.1, 0.15) is 26.2 Å². The molecule has 0 aromatic heterocycles. The fourth-order valence-electron chi connectivity index (χ4n) is 9.16. The molecule has 1 spiro atoms. The molecule has 0 aromatic carbocycles. The number of amides is 1. The summed E-state index contributed by atoms with van der Waals surface area (Å²) in [5, 5.41) is 0. The molecule has 4 saturated carbocycles. The summed E-state index contributed by atoms with van der Waals surface area (Å²) in [6.45, 7) is 2.34. The van der Waals surface area contributed by atoms with Crippen LogP contribution in [0.3, 0.4) is 0 Å². The van der Waals surface area contributed by atoms with E-state index in [4.69, 9.17) is 9.47 Å². The normalized spacial score (nSPS) is 52.1. The van der Waals surface area contributed by atoms with Crippen LogP contribution in [0, 0.1) is 46.3 Å². The van der Waals surface area contributed by atoms with Gasteiger partial charge in [-0.05, 0) is 49.5 Å². The van der Waals surface area contributed by atoms with Gasteiger partial charge in [-0.3, -0.25) is 19.2 Å². The number of piperidine rings is 1. The number of carbonyl (C=O) groups excluding carboxylic acids is 4. The summed E-state index contributed by atoms with van der Waals surface area (Å²) in [7, 11) is 2.97. The van der Waals surface area contributed by atoms with Crippen LogP contribution in [0.2, 0.25) is 0 Å². The number of hydrogen-bond acceptors (Lipinski definition) is 6. The minimum Gasteiger partial charge on any atom is -0.468 e. The van der Waals surface area contributed by atoms with E-state index in [9.17, 15) is 19.2 Å². The summed E-state index contributed by atoms with van der Waals surface area (Å²) in [5.41, 5.74) is -2.26. The third kappa shape index (κ3) is 1.62. The Hall–Kier alpha value is -2.02. The second-order valence-corrected chi connectivity index (χ2v) is 10.0. The van der Waals surface area contributed by atoms with Gasteiger partial charge in [0.05, 0.1) is 18.6 Å². The second kappa shape index (κ2) is 5.61. The molecule has 1 amide bonds. The van der Waals surface area contributed by atoms with E-state index in [0.29, 0.717) is 25.8 Å². The van der Waals surface area contributed by atoms with Crippen molar-refractivity contribution in [3.63, 3.8) is 0 Å². The fourth-order valence-corrected chi connectivity index (χ4v) is 9.16. The molecule has 7 bridgehead atoms. The Kier molecular flexibility index (Phi) is 3.50. The number of allylic oxidation sites excluding steroid dienone is 1. The maximum Gasteiger partial charge on any atom is 0.325 e. The van der Waals surface area contributed by atoms with Gasteiger partial charge in [-0.25, -0.2) is 0 Å². The van der Waals surface area contributed by atoms with Crippen molar-refractivity contribution in [2.75, 3.05) is 20.8 Å². The number of esters is 1. The molecule has 30 heavy (non-hydrogen) atoms. The SMILES string of the molecule is CCN1C(=O)C2(C(=O)OC)C=CC(=O)[C@]34C2C[C@H](C2CC(=O)[C@@H]5C[C@@H]3C2C5OC)[C@H]14. The molecule has 7 heteroatoms. The van der Waals surface area contributed by atoms with Gasteiger partial charge in [0.2, 0.25) is 5.91 Å². The minimum atomic E-state index is -1.44. The van der Waals surface area contributed by atoms with E-state index in [1.165, 1.54) is 19.3 Å². The zero-order valence-corrected chi connectivity index (χ0v) is 17.5. The summed E-state index contributed by atoms with van der Waals surface area (Å²) < 4.78 is 11.0. The van der Waals surface area contributed by atoms with Gasteiger partial charge in [0, 0.05) is 38.0 Å². The largest absolute Gasteiger partial charge is 0.468 e. The highest BCUT2D eigenvalue weighted by atomic mass is 16.5. The smallest absolute Gasteiger partial charge is 0.325 e. The van der Waals surface area contributed by atoms with Gasteiger partial charge in [-0.1, -0.05) is 6.08 Å². The number of Topliss-reactive ketones (excluding diaryl/α,β-unsaturated/α-hetero) is 1. The van der Waals surface area contributed by atoms with Crippen LogP contribution in [-0.4, -0.2) is 61.3 Å². The molecule has 5 fully saturated rings. The quantitative estimate of drug-likeness (QED) is 0.507. The van der Waals surface area contributed by atoms with Gasteiger partial charge in [0.25, 0.3) is 0 Å². The minimum absolute atomic E-state index is 0.0174. The van der Waals surface area contributed by atoms with Gasteiger partial charge in [0.1, 0.15) is 5.78 Å². The van der Waals surface area contributed by atoms with Crippen molar-refractivity contribution in [3.8, 4) is 0 Å². The van der Waals surface area contributed by atoms with E-state index in [1.807, 2.05) is 6.92 Å². The van der Waals surface area contributed by atoms with Crippen LogP contribution in [0.15, 0.2) is 12.2 Å². The van der Waals surface area contributed by atoms with E-state index < -0.39 is 22.7 Å². The topological polar surface area (TPSA) is 90.0 Å². The molecule has 0 N–H and O–H groups in total. The number of fused-ring (bicyclic) bond motifs is 2. The lowest BCUT2D eigenvalue weighted by molar-refractivity contribution is -0.193. The first-order valence-corrected chi connectivity index (χ1v) is 11.1. The third-order valence-electron chi connectivity index (χ3n) is 9.80. The fraction of sp³-hybridized carbons (Fsp3) is 0.739. The lowest BCUT2D eigenvalue weighted by atomic mass is 9.46. The van der Waals surface area contributed by atoms with Crippen molar-refractivity contribution in [3.05, 3.63) is 12.2 Å². The number of likely N-dealkylation sites (tertiary alicyclic amines) is 1. The predicted molar refractivity (Wildman–Crippen MR) is 103 cm³/mol. The highest BCUT2D eigenvalue weighted by Gasteiger charge is 2.83. The summed E-state index contributed by atoms with van der Waals surface area (Å²) in [6.07, 6.45) is 4.54. The summed E-state index contributed by atoms with van der Waals surface area (Å²) in [5.74, 6) is -0.955. The van der Waals surface area contributed by atoms with Crippen molar-refractivity contribution in [1.29, 1.82) is 0 Å². The van der Waals surface area contributed by atoms with Gasteiger partial charge >= 0.3 is 5.97 Å². The number of ketones is 2. The number of methoxy groups -OCH3 is 2. The third-order valence-corrected chi connectivity index (χ3v) is 9.80. The molecule has 5 aliphatic carbocycles. The monoisotopic (exact) mass is 413 g/mol. The molecule has 1 aliphatic heterocycles. The highest BCUT2D eigenvalue weighted by Crippen LogP contribution is 2.76. The maximum absolute atomic E-state index is 13.8. The van der Waals surface area contributed by atoms with Gasteiger partial charge in [-0.15, -0.1) is 0 Å². The lowest BCUT2D eigenvalue weighted by Gasteiger charge is -2.62. The molecule has 1 heterocycles. The van der Waals surface area contributed by atoms with Crippen molar-refractivity contribution >= 4 is 23.4 Å². The molecule has 10 atom stereocenters. The van der Waals surface area contributed by atoms with Crippen molar-refractivity contribution in [2.45, 2.75) is 38.3 Å². The van der Waals surface area contributed by atoms with Crippen LogP contribution in [-0.2, 0) is 28.7 Å². The molecule has 1 saturated heterocycles. The van der Waals surface area contributed by atoms with Gasteiger partial charge in [0.15, 0.2) is 11.2 Å². The van der Waals surface area contributed by atoms with E-state index >= 15 is 0 Å². The van der Waals surface area contributed by atoms with Gasteiger partial charge in [-0.2, -0.15) is 0 Å². The van der Waals surface area contributed by atoms with Crippen LogP contribution in [0.25, 0.3) is 0 Å². The first-order chi connectivity index (χ1) is 14.4. The number of hydrogen-bond donors (Lipinski definition) is 0. The first kappa shape index (κ1) is 18.7. The summed E-state index contributed by atoms with van der Waals surface area (Å²) in [4.78, 5) is 55.4. The van der Waals surface area contributed by atoms with E-state index in [0.717, 1.165) is 0 Å². The van der Waals surface area contributed by atoms with Crippen molar-refractivity contribution < 1.29 is 28.7 Å². The van der Waals surface area contributed by atoms with Crippen molar-refractivity contribution in [1.82, 2.24) is 4.90 Å². The molecular weight excluding hydrogens is 386 g/mol. The molecule has 0 radical (unpaired) electrons. The van der Waals surface area contributed by atoms with Crippen LogP contribution >= 0.6 is 0 Å². The Bertz CT molecular complexity index is 927. The second-order valence-electron chi connectivity index (χ2n) is 10.0. The summed E-state index contributed by atoms with van der Waals surface area (Å²) in [6, 6.07) is -0.247. The Morgan fingerprint density at radius 1 is 1.20 bits per heavy atom. The Morgan fingerprint density at radius 2 is 1.97 bits per heavy atom. The molecular formula is C23H27NO6. The standard InChI is InChI=1S/C23H27NO6/c1-4-24-19-11-9-15-22(20(24)27,21(28)30-3)6-5-16(26)23(15,19)13-7-12-14(25)8-10(11)17(13)18(12)29-2/h5-6,10-13,15,17-19H,4,7-9H2,1-3H3/t10?,11-,12+,13-,15?,17?,18?,19+,22?,23-/m1/s1. The van der Waals surface area contributed by atoms with E-state index in [1.54, 1.807) is 12.0 Å². The van der Waals surface area contributed by atoms with Crippen LogP contribution < -0.4 is 0 Å². The average Bonchev–Trinajstić information content (AvgIpc) is 3.20. The average molecular weight is 413 g/mol. The molecule has 160 valence electrons. The number of rotatable bonds is 3. The van der Waals surface area contributed by atoms with E-state index in [2.05, 4.69) is 0 Å². The molecule has 6 aliphatic rings. The number of ether oxygens (including phenoxy) is 2. The van der Waals surface area contributed by atoms with Crippen LogP contribution in [0.4, 0.5) is 0 Å². The summed E-state index contributed by atoms with van der Waals surface area (Å²) >= 11 is 0. The maximum atomic E-state index is 13.8.